The van der Waals surface area contributed by atoms with E-state index in [0.717, 1.165) is 0 Å². The molecule has 0 fully saturated rings. The van der Waals surface area contributed by atoms with Gasteiger partial charge < -0.3 is 14.8 Å². The molecule has 0 saturated heterocycles. The van der Waals surface area contributed by atoms with Crippen molar-refractivity contribution in [1.29, 1.82) is 0 Å². The zero-order chi connectivity index (χ0) is 12.3. The smallest absolute Gasteiger partial charge is 0.255 e. The summed E-state index contributed by atoms with van der Waals surface area (Å²) < 4.78 is 5.07. The zero-order valence-corrected chi connectivity index (χ0v) is 9.57. The van der Waals surface area contributed by atoms with E-state index >= 15 is 0 Å². The molecule has 0 spiro atoms. The van der Waals surface area contributed by atoms with Gasteiger partial charge in [-0.15, -0.1) is 0 Å². The molecule has 1 aromatic heterocycles. The fourth-order valence-electron chi connectivity index (χ4n) is 1.37. The lowest BCUT2D eigenvalue weighted by atomic mass is 10.2. The molecular formula is C12H10ClNO3. The fraction of sp³-hybridized carbons (Fsp3) is 0.0833. The number of benzene rings is 1. The molecule has 0 aliphatic heterocycles. The van der Waals surface area contributed by atoms with Gasteiger partial charge in [0, 0.05) is 5.02 Å². The Balaban J connectivity index is 2.04. The summed E-state index contributed by atoms with van der Waals surface area (Å²) in [6.45, 7) is 0.272. The van der Waals surface area contributed by atoms with Crippen LogP contribution in [0.15, 0.2) is 41.0 Å². The second kappa shape index (κ2) is 4.93. The minimum absolute atomic E-state index is 0.144. The van der Waals surface area contributed by atoms with Crippen LogP contribution >= 0.6 is 11.6 Å². The highest BCUT2D eigenvalue weighted by molar-refractivity contribution is 6.30. The Kier molecular flexibility index (Phi) is 3.35. The topological polar surface area (TPSA) is 62.5 Å². The summed E-state index contributed by atoms with van der Waals surface area (Å²) in [4.78, 5) is 11.7. The number of rotatable bonds is 3. The van der Waals surface area contributed by atoms with Crippen LogP contribution in [0.1, 0.15) is 16.1 Å². The number of furan rings is 1. The van der Waals surface area contributed by atoms with Gasteiger partial charge >= 0.3 is 0 Å². The second-order valence-electron chi connectivity index (χ2n) is 3.42. The Labute approximate surface area is 103 Å². The molecule has 5 heteroatoms. The Morgan fingerprint density at radius 1 is 1.41 bits per heavy atom. The molecule has 2 aromatic rings. The predicted octanol–water partition coefficient (Wildman–Crippen LogP) is 2.57. The van der Waals surface area contributed by atoms with E-state index in [-0.39, 0.29) is 23.8 Å². The molecule has 2 N–H and O–H groups in total. The van der Waals surface area contributed by atoms with Crippen molar-refractivity contribution in [1.82, 2.24) is 5.32 Å². The molecule has 0 unspecified atom stereocenters. The molecule has 4 nitrogen and oxygen atoms in total. The largest absolute Gasteiger partial charge is 0.507 e. The van der Waals surface area contributed by atoms with Gasteiger partial charge in [-0.05, 0) is 30.3 Å². The Hall–Kier alpha value is -1.94. The molecule has 0 aliphatic carbocycles. The molecule has 2 rings (SSSR count). The third-order valence-electron chi connectivity index (χ3n) is 2.21. The first kappa shape index (κ1) is 11.5. The van der Waals surface area contributed by atoms with E-state index in [9.17, 15) is 9.90 Å². The number of hydrogen-bond acceptors (Lipinski definition) is 3. The minimum atomic E-state index is -0.379. The number of carbonyl (C=O) groups is 1. The molecule has 0 bridgehead atoms. The molecule has 0 aliphatic rings. The van der Waals surface area contributed by atoms with Crippen LogP contribution in [0.5, 0.6) is 5.75 Å². The predicted molar refractivity (Wildman–Crippen MR) is 63.0 cm³/mol. The number of aromatic hydroxyl groups is 1. The van der Waals surface area contributed by atoms with Crippen LogP contribution < -0.4 is 5.32 Å². The van der Waals surface area contributed by atoms with Crippen LogP contribution in [0.25, 0.3) is 0 Å². The summed E-state index contributed by atoms with van der Waals surface area (Å²) in [5, 5.41) is 12.6. The molecule has 0 radical (unpaired) electrons. The number of nitrogens with one attached hydrogen (secondary N) is 1. The summed E-state index contributed by atoms with van der Waals surface area (Å²) in [6, 6.07) is 7.82. The highest BCUT2D eigenvalue weighted by Gasteiger charge is 2.11. The standard InChI is InChI=1S/C12H10ClNO3/c13-8-3-4-10(11(15)6-8)12(16)14-7-9-2-1-5-17-9/h1-6,15H,7H2,(H,14,16). The Morgan fingerprint density at radius 2 is 2.24 bits per heavy atom. The van der Waals surface area contributed by atoms with Crippen LogP contribution in [0.4, 0.5) is 0 Å². The lowest BCUT2D eigenvalue weighted by molar-refractivity contribution is 0.0945. The summed E-state index contributed by atoms with van der Waals surface area (Å²) in [5.74, 6) is 0.122. The van der Waals surface area contributed by atoms with Crippen LogP contribution in [-0.2, 0) is 6.54 Å². The molecule has 0 saturated carbocycles. The van der Waals surface area contributed by atoms with Gasteiger partial charge in [0.05, 0.1) is 18.4 Å². The third kappa shape index (κ3) is 2.79. The van der Waals surface area contributed by atoms with Crippen LogP contribution in [0, 0.1) is 0 Å². The van der Waals surface area contributed by atoms with Crippen molar-refractivity contribution in [2.24, 2.45) is 0 Å². The summed E-state index contributed by atoms with van der Waals surface area (Å²) in [6.07, 6.45) is 1.53. The van der Waals surface area contributed by atoms with Gasteiger partial charge in [-0.3, -0.25) is 4.79 Å². The van der Waals surface area contributed by atoms with Crippen molar-refractivity contribution >= 4 is 17.5 Å². The van der Waals surface area contributed by atoms with Gasteiger partial charge in [0.2, 0.25) is 0 Å². The van der Waals surface area contributed by atoms with Gasteiger partial charge in [0.25, 0.3) is 5.91 Å². The van der Waals surface area contributed by atoms with E-state index in [2.05, 4.69) is 5.32 Å². The monoisotopic (exact) mass is 251 g/mol. The molecular weight excluding hydrogens is 242 g/mol. The van der Waals surface area contributed by atoms with Gasteiger partial charge in [-0.25, -0.2) is 0 Å². The number of phenols is 1. The Bertz CT molecular complexity index is 523. The molecule has 1 amide bonds. The van der Waals surface area contributed by atoms with Gasteiger partial charge in [0.15, 0.2) is 0 Å². The van der Waals surface area contributed by atoms with E-state index in [1.807, 2.05) is 0 Å². The van der Waals surface area contributed by atoms with Crippen LogP contribution in [0.3, 0.4) is 0 Å². The number of hydrogen-bond donors (Lipinski definition) is 2. The molecule has 17 heavy (non-hydrogen) atoms. The first-order chi connectivity index (χ1) is 8.16. The van der Waals surface area contributed by atoms with Crippen molar-refractivity contribution in [3.8, 4) is 5.75 Å². The number of halogens is 1. The van der Waals surface area contributed by atoms with Gasteiger partial charge in [-0.2, -0.15) is 0 Å². The average molecular weight is 252 g/mol. The van der Waals surface area contributed by atoms with E-state index in [1.165, 1.54) is 18.4 Å². The first-order valence-electron chi connectivity index (χ1n) is 4.96. The van der Waals surface area contributed by atoms with Crippen molar-refractivity contribution in [2.75, 3.05) is 0 Å². The van der Waals surface area contributed by atoms with Crippen molar-refractivity contribution in [3.63, 3.8) is 0 Å². The SMILES string of the molecule is O=C(NCc1ccco1)c1ccc(Cl)cc1O. The lowest BCUT2D eigenvalue weighted by Gasteiger charge is -2.05. The summed E-state index contributed by atoms with van der Waals surface area (Å²) >= 11 is 5.67. The maximum atomic E-state index is 11.7. The molecule has 88 valence electrons. The average Bonchev–Trinajstić information content (AvgIpc) is 2.78. The van der Waals surface area contributed by atoms with Crippen LogP contribution in [0.2, 0.25) is 5.02 Å². The highest BCUT2D eigenvalue weighted by atomic mass is 35.5. The number of amides is 1. The molecule has 0 atom stereocenters. The zero-order valence-electron chi connectivity index (χ0n) is 8.81. The fourth-order valence-corrected chi connectivity index (χ4v) is 1.54. The number of carbonyl (C=O) groups excluding carboxylic acids is 1. The minimum Gasteiger partial charge on any atom is -0.507 e. The normalized spacial score (nSPS) is 10.2. The van der Waals surface area contributed by atoms with E-state index in [0.29, 0.717) is 10.8 Å². The van der Waals surface area contributed by atoms with Gasteiger partial charge in [-0.1, -0.05) is 11.6 Å². The van der Waals surface area contributed by atoms with E-state index in [1.54, 1.807) is 18.2 Å². The van der Waals surface area contributed by atoms with Gasteiger partial charge in [0.1, 0.15) is 11.5 Å². The van der Waals surface area contributed by atoms with Crippen molar-refractivity contribution < 1.29 is 14.3 Å². The lowest BCUT2D eigenvalue weighted by Crippen LogP contribution is -2.22. The first-order valence-corrected chi connectivity index (χ1v) is 5.33. The molecule has 1 aromatic carbocycles. The maximum absolute atomic E-state index is 11.7. The van der Waals surface area contributed by atoms with E-state index < -0.39 is 0 Å². The van der Waals surface area contributed by atoms with E-state index in [4.69, 9.17) is 16.0 Å². The summed E-state index contributed by atoms with van der Waals surface area (Å²) in [5.41, 5.74) is 0.181. The number of phenolic OH excluding ortho intramolecular Hbond substituents is 1. The highest BCUT2D eigenvalue weighted by Crippen LogP contribution is 2.21. The Morgan fingerprint density at radius 3 is 2.88 bits per heavy atom. The quantitative estimate of drug-likeness (QED) is 0.881. The third-order valence-corrected chi connectivity index (χ3v) is 2.44. The second-order valence-corrected chi connectivity index (χ2v) is 3.86. The van der Waals surface area contributed by atoms with Crippen molar-refractivity contribution in [2.45, 2.75) is 6.54 Å². The summed E-state index contributed by atoms with van der Waals surface area (Å²) in [7, 11) is 0. The molecule has 1 heterocycles. The van der Waals surface area contributed by atoms with Crippen LogP contribution in [-0.4, -0.2) is 11.0 Å². The maximum Gasteiger partial charge on any atom is 0.255 e. The van der Waals surface area contributed by atoms with Crippen molar-refractivity contribution in [3.05, 3.63) is 52.9 Å².